The first-order valence-corrected chi connectivity index (χ1v) is 7.62. The quantitative estimate of drug-likeness (QED) is 0.797. The number of halogens is 1. The van der Waals surface area contributed by atoms with Crippen LogP contribution < -0.4 is 5.32 Å². The Morgan fingerprint density at radius 1 is 1.20 bits per heavy atom. The lowest BCUT2D eigenvalue weighted by atomic mass is 10.0. The summed E-state index contributed by atoms with van der Waals surface area (Å²) in [6.07, 6.45) is 1.57. The maximum Gasteiger partial charge on any atom is 0.276 e. The summed E-state index contributed by atoms with van der Waals surface area (Å²) >= 11 is 0. The van der Waals surface area contributed by atoms with Crippen molar-refractivity contribution in [2.75, 3.05) is 19.4 Å². The highest BCUT2D eigenvalue weighted by Gasteiger charge is 2.20. The van der Waals surface area contributed by atoms with Crippen molar-refractivity contribution in [3.8, 4) is 0 Å². The Kier molecular flexibility index (Phi) is 4.22. The van der Waals surface area contributed by atoms with E-state index in [0.29, 0.717) is 22.0 Å². The van der Waals surface area contributed by atoms with Gasteiger partial charge in [0.1, 0.15) is 5.82 Å². The van der Waals surface area contributed by atoms with E-state index in [1.54, 1.807) is 51.6 Å². The number of hydrogen-bond acceptors (Lipinski definition) is 3. The fourth-order valence-corrected chi connectivity index (χ4v) is 2.59. The first-order valence-electron chi connectivity index (χ1n) is 7.62. The lowest BCUT2D eigenvalue weighted by Gasteiger charge is -2.11. The molecule has 2 aromatic carbocycles. The van der Waals surface area contributed by atoms with Gasteiger partial charge in [0.15, 0.2) is 5.69 Å². The van der Waals surface area contributed by atoms with E-state index < -0.39 is 5.91 Å². The Bertz CT molecular complexity index is 978. The number of benzene rings is 2. The third kappa shape index (κ3) is 3.21. The summed E-state index contributed by atoms with van der Waals surface area (Å²) in [6.45, 7) is 0. The molecule has 0 saturated heterocycles. The molecule has 3 aromatic rings. The van der Waals surface area contributed by atoms with Crippen molar-refractivity contribution in [1.29, 1.82) is 0 Å². The molecule has 0 saturated carbocycles. The van der Waals surface area contributed by atoms with Crippen LogP contribution in [0.15, 0.2) is 42.6 Å². The Morgan fingerprint density at radius 2 is 1.96 bits per heavy atom. The van der Waals surface area contributed by atoms with Gasteiger partial charge < -0.3 is 10.2 Å². The number of carbonyl (C=O) groups excluding carboxylic acids is 2. The third-order valence-electron chi connectivity index (χ3n) is 3.77. The van der Waals surface area contributed by atoms with Crippen LogP contribution in [0, 0.1) is 5.82 Å². The highest BCUT2D eigenvalue weighted by molar-refractivity contribution is 6.14. The molecule has 0 atom stereocenters. The molecule has 2 amide bonds. The molecule has 128 valence electrons. The molecule has 0 unspecified atom stereocenters. The molecular formula is C18H17FN4O2. The summed E-state index contributed by atoms with van der Waals surface area (Å²) < 4.78 is 14.8. The van der Waals surface area contributed by atoms with Crippen molar-refractivity contribution >= 4 is 28.3 Å². The fraction of sp³-hybridized carbons (Fsp3) is 0.167. The van der Waals surface area contributed by atoms with Crippen LogP contribution >= 0.6 is 0 Å². The van der Waals surface area contributed by atoms with Crippen molar-refractivity contribution in [3.05, 3.63) is 59.7 Å². The normalized spacial score (nSPS) is 10.7. The predicted molar refractivity (Wildman–Crippen MR) is 93.1 cm³/mol. The van der Waals surface area contributed by atoms with Crippen LogP contribution in [0.2, 0.25) is 0 Å². The molecule has 1 N–H and O–H groups in total. The van der Waals surface area contributed by atoms with E-state index in [4.69, 9.17) is 0 Å². The minimum Gasteiger partial charge on any atom is -0.343 e. The summed E-state index contributed by atoms with van der Waals surface area (Å²) in [5.74, 6) is -1.06. The van der Waals surface area contributed by atoms with E-state index in [0.717, 1.165) is 0 Å². The zero-order chi connectivity index (χ0) is 18.1. The number of anilines is 1. The monoisotopic (exact) mass is 340 g/mol. The van der Waals surface area contributed by atoms with Crippen LogP contribution in [-0.4, -0.2) is 40.6 Å². The van der Waals surface area contributed by atoms with Crippen molar-refractivity contribution in [2.45, 2.75) is 0 Å². The molecule has 7 heteroatoms. The number of aryl methyl sites for hydroxylation is 1. The van der Waals surface area contributed by atoms with Crippen molar-refractivity contribution in [3.63, 3.8) is 0 Å². The zero-order valence-corrected chi connectivity index (χ0v) is 14.1. The number of carbonyl (C=O) groups is 2. The van der Waals surface area contributed by atoms with Gasteiger partial charge in [0.25, 0.3) is 11.8 Å². The van der Waals surface area contributed by atoms with Crippen LogP contribution in [0.1, 0.15) is 20.8 Å². The van der Waals surface area contributed by atoms with Gasteiger partial charge in [0.2, 0.25) is 0 Å². The van der Waals surface area contributed by atoms with Gasteiger partial charge in [-0.3, -0.25) is 14.3 Å². The van der Waals surface area contributed by atoms with E-state index in [1.807, 2.05) is 0 Å². The molecule has 0 bridgehead atoms. The smallest absolute Gasteiger partial charge is 0.276 e. The second kappa shape index (κ2) is 6.35. The standard InChI is InChI=1S/C18H17FN4O2/c1-22(2)18(25)16-15(10-23(3)21-16)20-17(24)14-6-4-5-11-9-12(19)7-8-13(11)14/h4-10H,1-3H3,(H,20,24). The van der Waals surface area contributed by atoms with Crippen molar-refractivity contribution in [2.24, 2.45) is 7.05 Å². The number of fused-ring (bicyclic) bond motifs is 1. The van der Waals surface area contributed by atoms with Gasteiger partial charge in [-0.15, -0.1) is 0 Å². The maximum atomic E-state index is 13.4. The molecule has 0 aliphatic heterocycles. The lowest BCUT2D eigenvalue weighted by Crippen LogP contribution is -2.24. The van der Waals surface area contributed by atoms with Crippen LogP contribution in [0.5, 0.6) is 0 Å². The Hall–Kier alpha value is -3.22. The summed E-state index contributed by atoms with van der Waals surface area (Å²) in [5, 5.41) is 8.10. The third-order valence-corrected chi connectivity index (χ3v) is 3.77. The van der Waals surface area contributed by atoms with E-state index in [-0.39, 0.29) is 17.4 Å². The maximum absolute atomic E-state index is 13.4. The Labute approximate surface area is 143 Å². The van der Waals surface area contributed by atoms with E-state index in [1.165, 1.54) is 21.7 Å². The molecule has 6 nitrogen and oxygen atoms in total. The fourth-order valence-electron chi connectivity index (χ4n) is 2.59. The van der Waals surface area contributed by atoms with Crippen molar-refractivity contribution in [1.82, 2.24) is 14.7 Å². The summed E-state index contributed by atoms with van der Waals surface area (Å²) in [4.78, 5) is 26.3. The highest BCUT2D eigenvalue weighted by atomic mass is 19.1. The molecular weight excluding hydrogens is 323 g/mol. The van der Waals surface area contributed by atoms with Gasteiger partial charge in [0.05, 0.1) is 5.69 Å². The Morgan fingerprint density at radius 3 is 2.68 bits per heavy atom. The Balaban J connectivity index is 1.98. The van der Waals surface area contributed by atoms with E-state index in [9.17, 15) is 14.0 Å². The zero-order valence-electron chi connectivity index (χ0n) is 14.1. The minimum atomic E-state index is -0.391. The number of hydrogen-bond donors (Lipinski definition) is 1. The number of aromatic nitrogens is 2. The van der Waals surface area contributed by atoms with E-state index in [2.05, 4.69) is 10.4 Å². The average Bonchev–Trinajstić information content (AvgIpc) is 2.93. The van der Waals surface area contributed by atoms with Gasteiger partial charge in [-0.25, -0.2) is 4.39 Å². The van der Waals surface area contributed by atoms with Crippen LogP contribution in [-0.2, 0) is 7.05 Å². The molecule has 3 rings (SSSR count). The van der Waals surface area contributed by atoms with E-state index >= 15 is 0 Å². The molecule has 0 aliphatic carbocycles. The molecule has 0 fully saturated rings. The summed E-state index contributed by atoms with van der Waals surface area (Å²) in [7, 11) is 4.90. The summed E-state index contributed by atoms with van der Waals surface area (Å²) in [5.41, 5.74) is 0.877. The second-order valence-electron chi connectivity index (χ2n) is 5.89. The molecule has 0 radical (unpaired) electrons. The minimum absolute atomic E-state index is 0.159. The number of nitrogens with one attached hydrogen (secondary N) is 1. The van der Waals surface area contributed by atoms with Crippen molar-refractivity contribution < 1.29 is 14.0 Å². The average molecular weight is 340 g/mol. The van der Waals surface area contributed by atoms with Gasteiger partial charge >= 0.3 is 0 Å². The molecule has 0 aliphatic rings. The van der Waals surface area contributed by atoms with Crippen LogP contribution in [0.4, 0.5) is 10.1 Å². The topological polar surface area (TPSA) is 67.2 Å². The predicted octanol–water partition coefficient (Wildman–Crippen LogP) is 2.67. The number of nitrogens with zero attached hydrogens (tertiary/aromatic N) is 3. The number of amides is 2. The molecule has 25 heavy (non-hydrogen) atoms. The van der Waals surface area contributed by atoms with Crippen LogP contribution in [0.25, 0.3) is 10.8 Å². The molecule has 0 spiro atoms. The van der Waals surface area contributed by atoms with Crippen LogP contribution in [0.3, 0.4) is 0 Å². The van der Waals surface area contributed by atoms with Gasteiger partial charge in [0, 0.05) is 32.9 Å². The molecule has 1 aromatic heterocycles. The lowest BCUT2D eigenvalue weighted by molar-refractivity contribution is 0.0822. The first kappa shape index (κ1) is 16.6. The van der Waals surface area contributed by atoms with Gasteiger partial charge in [-0.05, 0) is 29.0 Å². The largest absolute Gasteiger partial charge is 0.343 e. The van der Waals surface area contributed by atoms with Gasteiger partial charge in [-0.1, -0.05) is 18.2 Å². The number of rotatable bonds is 3. The highest BCUT2D eigenvalue weighted by Crippen LogP contribution is 2.22. The SMILES string of the molecule is CN(C)C(=O)c1nn(C)cc1NC(=O)c1cccc2cc(F)ccc12. The van der Waals surface area contributed by atoms with Gasteiger partial charge in [-0.2, -0.15) is 5.10 Å². The second-order valence-corrected chi connectivity index (χ2v) is 5.89. The first-order chi connectivity index (χ1) is 11.9. The molecule has 1 heterocycles. The summed E-state index contributed by atoms with van der Waals surface area (Å²) in [6, 6.07) is 9.32.